The van der Waals surface area contributed by atoms with Gasteiger partial charge in [-0.25, -0.2) is 4.79 Å². The highest BCUT2D eigenvalue weighted by Crippen LogP contribution is 2.44. The molecule has 0 bridgehead atoms. The van der Waals surface area contributed by atoms with Gasteiger partial charge in [0.2, 0.25) is 5.75 Å². The largest absolute Gasteiger partial charge is 0.496 e. The summed E-state index contributed by atoms with van der Waals surface area (Å²) in [5.74, 6) is 1.58. The molecule has 0 aliphatic rings. The highest BCUT2D eigenvalue weighted by Gasteiger charge is 2.20. The van der Waals surface area contributed by atoms with Gasteiger partial charge in [-0.3, -0.25) is 0 Å². The van der Waals surface area contributed by atoms with E-state index in [1.807, 2.05) is 18.2 Å². The molecule has 0 fully saturated rings. The Morgan fingerprint density at radius 2 is 1.48 bits per heavy atom. The van der Waals surface area contributed by atoms with Crippen LogP contribution in [-0.4, -0.2) is 45.9 Å². The van der Waals surface area contributed by atoms with E-state index in [9.17, 15) is 4.79 Å². The maximum Gasteiger partial charge on any atom is 0.341 e. The van der Waals surface area contributed by atoms with Gasteiger partial charge in [-0.15, -0.1) is 0 Å². The molecule has 0 saturated heterocycles. The van der Waals surface area contributed by atoms with E-state index in [1.165, 1.54) is 25.8 Å². The van der Waals surface area contributed by atoms with Crippen molar-refractivity contribution in [2.45, 2.75) is 0 Å². The first kappa shape index (κ1) is 20.5. The van der Waals surface area contributed by atoms with Crippen molar-refractivity contribution in [3.8, 4) is 44.6 Å². The Labute approximate surface area is 172 Å². The molecule has 152 valence electrons. The first-order valence-electron chi connectivity index (χ1n) is 8.59. The van der Waals surface area contributed by atoms with E-state index < -0.39 is 5.97 Å². The van der Waals surface area contributed by atoms with Gasteiger partial charge in [0.1, 0.15) is 11.3 Å². The van der Waals surface area contributed by atoms with E-state index in [-0.39, 0.29) is 0 Å². The zero-order valence-corrected chi connectivity index (χ0v) is 17.6. The molecule has 1 aromatic heterocycles. The topological polar surface area (TPSA) is 76.1 Å². The molecule has 0 saturated carbocycles. The van der Waals surface area contributed by atoms with E-state index in [4.69, 9.17) is 23.7 Å². The molecular formula is C21H21NO6S. The maximum absolute atomic E-state index is 12.1. The second-order valence-corrected chi connectivity index (χ2v) is 6.69. The molecular weight excluding hydrogens is 394 g/mol. The maximum atomic E-state index is 12.1. The molecule has 3 aromatic rings. The SMILES string of the molecule is COC(=O)c1cc(-c2cnsc2-c2cc(OC)c(OC)c(OC)c2)ccc1OC. The first-order valence-corrected chi connectivity index (χ1v) is 9.37. The van der Waals surface area contributed by atoms with Crippen LogP contribution in [0.1, 0.15) is 10.4 Å². The van der Waals surface area contributed by atoms with Crippen LogP contribution >= 0.6 is 11.5 Å². The number of benzene rings is 2. The summed E-state index contributed by atoms with van der Waals surface area (Å²) in [4.78, 5) is 13.0. The first-order chi connectivity index (χ1) is 14.1. The summed E-state index contributed by atoms with van der Waals surface area (Å²) in [6, 6.07) is 9.07. The molecule has 0 aliphatic heterocycles. The molecule has 29 heavy (non-hydrogen) atoms. The predicted molar refractivity (Wildman–Crippen MR) is 111 cm³/mol. The van der Waals surface area contributed by atoms with E-state index in [1.54, 1.807) is 39.7 Å². The van der Waals surface area contributed by atoms with Crippen LogP contribution in [0.2, 0.25) is 0 Å². The highest BCUT2D eigenvalue weighted by atomic mass is 32.1. The van der Waals surface area contributed by atoms with Crippen LogP contribution in [0.5, 0.6) is 23.0 Å². The highest BCUT2D eigenvalue weighted by molar-refractivity contribution is 7.10. The fourth-order valence-corrected chi connectivity index (χ4v) is 3.77. The molecule has 0 amide bonds. The van der Waals surface area contributed by atoms with Crippen molar-refractivity contribution in [1.29, 1.82) is 0 Å². The van der Waals surface area contributed by atoms with E-state index >= 15 is 0 Å². The quantitative estimate of drug-likeness (QED) is 0.533. The van der Waals surface area contributed by atoms with E-state index in [2.05, 4.69) is 4.37 Å². The normalized spacial score (nSPS) is 10.4. The summed E-state index contributed by atoms with van der Waals surface area (Å²) >= 11 is 1.33. The Morgan fingerprint density at radius 1 is 0.828 bits per heavy atom. The summed E-state index contributed by atoms with van der Waals surface area (Å²) < 4.78 is 30.8. The minimum absolute atomic E-state index is 0.342. The summed E-state index contributed by atoms with van der Waals surface area (Å²) in [5, 5.41) is 0. The standard InChI is InChI=1S/C21H21NO6S/c1-24-16-7-6-12(8-14(16)21(23)28-5)15-11-22-29-20(15)13-9-17(25-2)19(27-4)18(10-13)26-3/h6-11H,1-5H3. The zero-order valence-electron chi connectivity index (χ0n) is 16.8. The summed E-state index contributed by atoms with van der Waals surface area (Å²) in [6.45, 7) is 0. The van der Waals surface area contributed by atoms with Crippen molar-refractivity contribution < 1.29 is 28.5 Å². The van der Waals surface area contributed by atoms with Gasteiger partial charge in [0.25, 0.3) is 0 Å². The third kappa shape index (κ3) is 3.84. The number of ether oxygens (including phenoxy) is 5. The monoisotopic (exact) mass is 415 g/mol. The van der Waals surface area contributed by atoms with E-state index in [0.29, 0.717) is 28.6 Å². The Balaban J connectivity index is 2.15. The van der Waals surface area contributed by atoms with Crippen LogP contribution in [0.25, 0.3) is 21.6 Å². The van der Waals surface area contributed by atoms with Gasteiger partial charge < -0.3 is 23.7 Å². The number of carbonyl (C=O) groups excluding carboxylic acids is 1. The fourth-order valence-electron chi connectivity index (χ4n) is 3.01. The van der Waals surface area contributed by atoms with Crippen molar-refractivity contribution >= 4 is 17.5 Å². The van der Waals surface area contributed by atoms with Gasteiger partial charge in [0.15, 0.2) is 11.5 Å². The van der Waals surface area contributed by atoms with E-state index in [0.717, 1.165) is 21.6 Å². The third-order valence-corrected chi connectivity index (χ3v) is 5.26. The average Bonchev–Trinajstić information content (AvgIpc) is 3.26. The lowest BCUT2D eigenvalue weighted by atomic mass is 10.0. The number of carbonyl (C=O) groups is 1. The average molecular weight is 415 g/mol. The number of nitrogens with zero attached hydrogens (tertiary/aromatic N) is 1. The van der Waals surface area contributed by atoms with Gasteiger partial charge in [-0.05, 0) is 41.4 Å². The van der Waals surface area contributed by atoms with Gasteiger partial charge in [0, 0.05) is 17.3 Å². The molecule has 0 aliphatic carbocycles. The minimum Gasteiger partial charge on any atom is -0.496 e. The van der Waals surface area contributed by atoms with Crippen molar-refractivity contribution in [2.24, 2.45) is 0 Å². The van der Waals surface area contributed by atoms with Gasteiger partial charge in [0.05, 0.1) is 40.4 Å². The molecule has 1 heterocycles. The van der Waals surface area contributed by atoms with Gasteiger partial charge in [-0.2, -0.15) is 4.37 Å². The molecule has 0 N–H and O–H groups in total. The van der Waals surface area contributed by atoms with Crippen molar-refractivity contribution in [2.75, 3.05) is 35.5 Å². The molecule has 0 atom stereocenters. The minimum atomic E-state index is -0.471. The van der Waals surface area contributed by atoms with Crippen molar-refractivity contribution in [1.82, 2.24) is 4.37 Å². The van der Waals surface area contributed by atoms with Gasteiger partial charge >= 0.3 is 5.97 Å². The summed E-state index contributed by atoms with van der Waals surface area (Å²) in [6.07, 6.45) is 1.76. The lowest BCUT2D eigenvalue weighted by Crippen LogP contribution is -2.04. The molecule has 0 radical (unpaired) electrons. The van der Waals surface area contributed by atoms with Gasteiger partial charge in [-0.1, -0.05) is 6.07 Å². The number of aromatic nitrogens is 1. The number of esters is 1. The lowest BCUT2D eigenvalue weighted by Gasteiger charge is -2.14. The number of hydrogen-bond donors (Lipinski definition) is 0. The van der Waals surface area contributed by atoms with Crippen LogP contribution in [0.15, 0.2) is 36.5 Å². The Kier molecular flexibility index (Phi) is 6.23. The third-order valence-electron chi connectivity index (χ3n) is 4.41. The van der Waals surface area contributed by atoms with Crippen LogP contribution in [0.4, 0.5) is 0 Å². The lowest BCUT2D eigenvalue weighted by molar-refractivity contribution is 0.0597. The van der Waals surface area contributed by atoms with Crippen LogP contribution < -0.4 is 18.9 Å². The summed E-state index contributed by atoms with van der Waals surface area (Å²) in [5.41, 5.74) is 2.86. The van der Waals surface area contributed by atoms with Crippen LogP contribution in [0.3, 0.4) is 0 Å². The summed E-state index contributed by atoms with van der Waals surface area (Å²) in [7, 11) is 7.54. The van der Waals surface area contributed by atoms with Crippen LogP contribution in [0, 0.1) is 0 Å². The zero-order chi connectivity index (χ0) is 21.0. The number of rotatable bonds is 7. The number of hydrogen-bond acceptors (Lipinski definition) is 8. The molecule has 0 spiro atoms. The number of methoxy groups -OCH3 is 5. The van der Waals surface area contributed by atoms with Crippen molar-refractivity contribution in [3.63, 3.8) is 0 Å². The molecule has 2 aromatic carbocycles. The molecule has 7 nitrogen and oxygen atoms in total. The molecule has 8 heteroatoms. The Hall–Kier alpha value is -3.26. The second-order valence-electron chi connectivity index (χ2n) is 5.89. The smallest absolute Gasteiger partial charge is 0.341 e. The second kappa shape index (κ2) is 8.83. The predicted octanol–water partition coefficient (Wildman–Crippen LogP) is 4.30. The Morgan fingerprint density at radius 3 is 2.03 bits per heavy atom. The van der Waals surface area contributed by atoms with Crippen molar-refractivity contribution in [3.05, 3.63) is 42.1 Å². The Bertz CT molecular complexity index is 1000. The fraction of sp³-hybridized carbons (Fsp3) is 0.238. The van der Waals surface area contributed by atoms with Crippen LogP contribution in [-0.2, 0) is 4.74 Å². The molecule has 0 unspecified atom stereocenters. The molecule has 3 rings (SSSR count).